The van der Waals surface area contributed by atoms with Gasteiger partial charge in [0.25, 0.3) is 0 Å². The largest absolute Gasteiger partial charge is 0.490 e. The molecule has 2 aliphatic rings. The van der Waals surface area contributed by atoms with E-state index in [1.54, 1.807) is 0 Å². The molecule has 1 saturated heterocycles. The molecular formula is C14H26BNO3. The van der Waals surface area contributed by atoms with E-state index in [9.17, 15) is 0 Å². The summed E-state index contributed by atoms with van der Waals surface area (Å²) in [7, 11) is -0.191. The molecule has 1 heterocycles. The van der Waals surface area contributed by atoms with E-state index in [2.05, 4.69) is 39.1 Å². The Balaban J connectivity index is 1.93. The zero-order chi connectivity index (χ0) is 14.1. The molecule has 1 aliphatic carbocycles. The summed E-state index contributed by atoms with van der Waals surface area (Å²) in [5.74, 6) is 0. The topological polar surface area (TPSA) is 50.7 Å². The van der Waals surface area contributed by atoms with Gasteiger partial charge in [0.05, 0.1) is 17.8 Å². The van der Waals surface area contributed by atoms with Gasteiger partial charge in [-0.1, -0.05) is 6.08 Å². The van der Waals surface area contributed by atoms with Gasteiger partial charge in [-0.15, -0.1) is 0 Å². The Morgan fingerprint density at radius 1 is 1.32 bits per heavy atom. The summed E-state index contributed by atoms with van der Waals surface area (Å²) in [6, 6.07) is 0.471. The fourth-order valence-electron chi connectivity index (χ4n) is 2.52. The average molecular weight is 267 g/mol. The molecule has 108 valence electrons. The first-order valence-corrected chi connectivity index (χ1v) is 7.24. The van der Waals surface area contributed by atoms with Gasteiger partial charge in [-0.05, 0) is 52.4 Å². The first-order chi connectivity index (χ1) is 8.86. The summed E-state index contributed by atoms with van der Waals surface area (Å²) in [5.41, 5.74) is 0.746. The van der Waals surface area contributed by atoms with Crippen LogP contribution in [-0.2, 0) is 9.31 Å². The van der Waals surface area contributed by atoms with Crippen molar-refractivity contribution in [2.24, 2.45) is 0 Å². The van der Waals surface area contributed by atoms with Crippen LogP contribution in [0.1, 0.15) is 47.0 Å². The second-order valence-electron chi connectivity index (χ2n) is 6.52. The van der Waals surface area contributed by atoms with E-state index in [-0.39, 0.29) is 24.9 Å². The first-order valence-electron chi connectivity index (χ1n) is 7.24. The molecule has 0 amide bonds. The van der Waals surface area contributed by atoms with Crippen molar-refractivity contribution >= 4 is 7.12 Å². The SMILES string of the molecule is CC1(C)OB(C2=CCC(NCCO)CC2)OC1(C)C. The highest BCUT2D eigenvalue weighted by Gasteiger charge is 2.52. The maximum Gasteiger partial charge on any atom is 0.490 e. The zero-order valence-corrected chi connectivity index (χ0v) is 12.5. The second-order valence-corrected chi connectivity index (χ2v) is 6.52. The van der Waals surface area contributed by atoms with Gasteiger partial charge >= 0.3 is 7.12 Å². The smallest absolute Gasteiger partial charge is 0.400 e. The molecule has 0 radical (unpaired) electrons. The number of aliphatic hydroxyl groups excluding tert-OH is 1. The van der Waals surface area contributed by atoms with Gasteiger partial charge in [0.2, 0.25) is 0 Å². The van der Waals surface area contributed by atoms with Crippen LogP contribution < -0.4 is 5.32 Å². The fourth-order valence-corrected chi connectivity index (χ4v) is 2.52. The standard InChI is InChI=1S/C14H26BNO3/c1-13(2)14(3,4)19-15(18-13)11-5-7-12(8-6-11)16-9-10-17/h5,12,16-17H,6-10H2,1-4H3. The molecule has 2 rings (SSSR count). The minimum absolute atomic E-state index is 0.191. The highest BCUT2D eigenvalue weighted by atomic mass is 16.7. The molecule has 1 atom stereocenters. The Kier molecular flexibility index (Phi) is 4.40. The average Bonchev–Trinajstić information content (AvgIpc) is 2.56. The van der Waals surface area contributed by atoms with Crippen LogP contribution in [0.2, 0.25) is 0 Å². The van der Waals surface area contributed by atoms with Crippen molar-refractivity contribution in [1.29, 1.82) is 0 Å². The van der Waals surface area contributed by atoms with Crippen LogP contribution in [0.5, 0.6) is 0 Å². The van der Waals surface area contributed by atoms with E-state index in [4.69, 9.17) is 14.4 Å². The van der Waals surface area contributed by atoms with Crippen molar-refractivity contribution in [1.82, 2.24) is 5.32 Å². The van der Waals surface area contributed by atoms with Crippen LogP contribution >= 0.6 is 0 Å². The monoisotopic (exact) mass is 267 g/mol. The predicted molar refractivity (Wildman–Crippen MR) is 76.9 cm³/mol. The Bertz CT molecular complexity index is 339. The van der Waals surface area contributed by atoms with E-state index >= 15 is 0 Å². The fraction of sp³-hybridized carbons (Fsp3) is 0.857. The Hall–Kier alpha value is -0.355. The highest BCUT2D eigenvalue weighted by molar-refractivity contribution is 6.54. The van der Waals surface area contributed by atoms with E-state index in [1.807, 2.05) is 0 Å². The first kappa shape index (κ1) is 15.0. The van der Waals surface area contributed by atoms with Crippen LogP contribution in [0.4, 0.5) is 0 Å². The van der Waals surface area contributed by atoms with Crippen LogP contribution in [0.15, 0.2) is 11.5 Å². The maximum absolute atomic E-state index is 8.82. The Morgan fingerprint density at radius 3 is 2.42 bits per heavy atom. The number of aliphatic hydroxyl groups is 1. The van der Waals surface area contributed by atoms with Crippen molar-refractivity contribution in [3.63, 3.8) is 0 Å². The van der Waals surface area contributed by atoms with Crippen molar-refractivity contribution in [3.8, 4) is 0 Å². The van der Waals surface area contributed by atoms with Crippen LogP contribution in [0, 0.1) is 0 Å². The predicted octanol–water partition coefficient (Wildman–Crippen LogP) is 1.68. The summed E-state index contributed by atoms with van der Waals surface area (Å²) in [6.07, 6.45) is 5.30. The van der Waals surface area contributed by atoms with E-state index in [0.29, 0.717) is 12.6 Å². The van der Waals surface area contributed by atoms with Crippen LogP contribution in [-0.4, -0.2) is 42.6 Å². The van der Waals surface area contributed by atoms with E-state index in [1.165, 1.54) is 5.47 Å². The molecule has 1 aliphatic heterocycles. The summed E-state index contributed by atoms with van der Waals surface area (Å²) in [4.78, 5) is 0. The minimum Gasteiger partial charge on any atom is -0.400 e. The molecule has 0 aromatic rings. The van der Waals surface area contributed by atoms with Gasteiger partial charge in [-0.2, -0.15) is 0 Å². The number of allylic oxidation sites excluding steroid dienone is 1. The van der Waals surface area contributed by atoms with E-state index < -0.39 is 0 Å². The van der Waals surface area contributed by atoms with Crippen molar-refractivity contribution < 1.29 is 14.4 Å². The minimum atomic E-state index is -0.259. The molecule has 0 spiro atoms. The lowest BCUT2D eigenvalue weighted by Gasteiger charge is -2.32. The summed E-state index contributed by atoms with van der Waals surface area (Å²) >= 11 is 0. The van der Waals surface area contributed by atoms with Crippen molar-refractivity contribution in [3.05, 3.63) is 11.5 Å². The van der Waals surface area contributed by atoms with Gasteiger partial charge in [-0.3, -0.25) is 0 Å². The molecule has 4 nitrogen and oxygen atoms in total. The van der Waals surface area contributed by atoms with Gasteiger partial charge in [0.15, 0.2) is 0 Å². The molecule has 0 aromatic carbocycles. The molecule has 0 aromatic heterocycles. The number of hydrogen-bond acceptors (Lipinski definition) is 4. The molecule has 19 heavy (non-hydrogen) atoms. The third kappa shape index (κ3) is 3.22. The lowest BCUT2D eigenvalue weighted by Crippen LogP contribution is -2.41. The number of hydrogen-bond donors (Lipinski definition) is 2. The Labute approximate surface area is 116 Å². The lowest BCUT2D eigenvalue weighted by atomic mass is 9.72. The molecule has 1 fully saturated rings. The molecule has 2 N–H and O–H groups in total. The quantitative estimate of drug-likeness (QED) is 0.761. The van der Waals surface area contributed by atoms with Gasteiger partial charge in [-0.25, -0.2) is 0 Å². The molecular weight excluding hydrogens is 241 g/mol. The highest BCUT2D eigenvalue weighted by Crippen LogP contribution is 2.40. The van der Waals surface area contributed by atoms with Gasteiger partial charge in [0.1, 0.15) is 0 Å². The third-order valence-corrected chi connectivity index (χ3v) is 4.55. The second kappa shape index (κ2) is 5.56. The number of rotatable bonds is 4. The van der Waals surface area contributed by atoms with Gasteiger partial charge in [0, 0.05) is 12.6 Å². The lowest BCUT2D eigenvalue weighted by molar-refractivity contribution is 0.00578. The van der Waals surface area contributed by atoms with E-state index in [0.717, 1.165) is 19.3 Å². The zero-order valence-electron chi connectivity index (χ0n) is 12.5. The molecule has 0 bridgehead atoms. The van der Waals surface area contributed by atoms with Crippen molar-refractivity contribution in [2.45, 2.75) is 64.2 Å². The molecule has 5 heteroatoms. The van der Waals surface area contributed by atoms with Gasteiger partial charge < -0.3 is 19.7 Å². The van der Waals surface area contributed by atoms with Crippen molar-refractivity contribution in [2.75, 3.05) is 13.2 Å². The Morgan fingerprint density at radius 2 is 1.95 bits per heavy atom. The molecule has 0 saturated carbocycles. The maximum atomic E-state index is 8.82. The third-order valence-electron chi connectivity index (χ3n) is 4.55. The van der Waals surface area contributed by atoms with Crippen LogP contribution in [0.25, 0.3) is 0 Å². The summed E-state index contributed by atoms with van der Waals surface area (Å²) in [6.45, 7) is 9.21. The molecule has 1 unspecified atom stereocenters. The van der Waals surface area contributed by atoms with Crippen LogP contribution in [0.3, 0.4) is 0 Å². The normalized spacial score (nSPS) is 29.4. The summed E-state index contributed by atoms with van der Waals surface area (Å²) in [5, 5.41) is 12.2. The number of nitrogens with one attached hydrogen (secondary N) is 1. The summed E-state index contributed by atoms with van der Waals surface area (Å²) < 4.78 is 12.1.